The van der Waals surface area contributed by atoms with Gasteiger partial charge in [-0.05, 0) is 31.0 Å². The molecule has 1 aliphatic heterocycles. The van der Waals surface area contributed by atoms with Crippen LogP contribution in [-0.4, -0.2) is 19.0 Å². The van der Waals surface area contributed by atoms with E-state index in [-0.39, 0.29) is 11.8 Å². The molecule has 2 atom stereocenters. The van der Waals surface area contributed by atoms with E-state index in [4.69, 9.17) is 4.84 Å². The van der Waals surface area contributed by atoms with Gasteiger partial charge in [0.05, 0.1) is 6.61 Å². The summed E-state index contributed by atoms with van der Waals surface area (Å²) in [6, 6.07) is 9.81. The minimum Gasteiger partial charge on any atom is -0.316 e. The first-order valence-corrected chi connectivity index (χ1v) is 6.43. The monoisotopic (exact) mass is 248 g/mol. The molecule has 2 N–H and O–H groups in total. The Bertz CT molecular complexity index is 381. The third-order valence-corrected chi connectivity index (χ3v) is 3.38. The summed E-state index contributed by atoms with van der Waals surface area (Å²) in [5.41, 5.74) is 3.62. The summed E-state index contributed by atoms with van der Waals surface area (Å²) in [5.74, 6) is 0.418. The fourth-order valence-electron chi connectivity index (χ4n) is 2.24. The van der Waals surface area contributed by atoms with Crippen LogP contribution < -0.4 is 10.8 Å². The van der Waals surface area contributed by atoms with Crippen molar-refractivity contribution in [1.82, 2.24) is 10.8 Å². The number of carbonyl (C=O) groups is 1. The number of benzene rings is 1. The van der Waals surface area contributed by atoms with Crippen LogP contribution in [0.5, 0.6) is 0 Å². The van der Waals surface area contributed by atoms with Crippen LogP contribution >= 0.6 is 0 Å². The Hall–Kier alpha value is -1.39. The number of rotatable bonds is 4. The molecular weight excluding hydrogens is 228 g/mol. The van der Waals surface area contributed by atoms with Crippen LogP contribution in [0.3, 0.4) is 0 Å². The Morgan fingerprint density at radius 1 is 1.44 bits per heavy atom. The van der Waals surface area contributed by atoms with E-state index in [9.17, 15) is 4.79 Å². The van der Waals surface area contributed by atoms with Gasteiger partial charge in [-0.15, -0.1) is 0 Å². The standard InChI is InChI=1S/C14H20N2O2/c1-11-9-15-8-7-13(11)14(17)16-18-10-12-5-3-2-4-6-12/h2-6,11,13,15H,7-10H2,1H3,(H,16,17). The van der Waals surface area contributed by atoms with Crippen LogP contribution in [0.4, 0.5) is 0 Å². The molecule has 1 amide bonds. The second-order valence-corrected chi connectivity index (χ2v) is 4.82. The molecule has 4 heteroatoms. The highest BCUT2D eigenvalue weighted by Crippen LogP contribution is 2.18. The molecule has 4 nitrogen and oxygen atoms in total. The zero-order valence-corrected chi connectivity index (χ0v) is 10.7. The van der Waals surface area contributed by atoms with Crippen molar-refractivity contribution < 1.29 is 9.63 Å². The van der Waals surface area contributed by atoms with Gasteiger partial charge in [0.1, 0.15) is 0 Å². The summed E-state index contributed by atoms with van der Waals surface area (Å²) in [7, 11) is 0. The molecule has 1 aliphatic rings. The van der Waals surface area contributed by atoms with Gasteiger partial charge in [0.15, 0.2) is 0 Å². The minimum absolute atomic E-state index is 0.0000638. The molecule has 0 spiro atoms. The van der Waals surface area contributed by atoms with E-state index < -0.39 is 0 Å². The summed E-state index contributed by atoms with van der Waals surface area (Å²) in [6.45, 7) is 4.30. The Morgan fingerprint density at radius 3 is 2.94 bits per heavy atom. The molecule has 1 aromatic carbocycles. The van der Waals surface area contributed by atoms with Crippen molar-refractivity contribution >= 4 is 5.91 Å². The SMILES string of the molecule is CC1CNCCC1C(=O)NOCc1ccccc1. The zero-order valence-electron chi connectivity index (χ0n) is 10.7. The molecule has 2 unspecified atom stereocenters. The lowest BCUT2D eigenvalue weighted by atomic mass is 9.87. The molecule has 1 saturated heterocycles. The highest BCUT2D eigenvalue weighted by Gasteiger charge is 2.27. The average molecular weight is 248 g/mol. The van der Waals surface area contributed by atoms with Crippen LogP contribution in [0.15, 0.2) is 30.3 Å². The van der Waals surface area contributed by atoms with Gasteiger partial charge in [-0.3, -0.25) is 9.63 Å². The zero-order chi connectivity index (χ0) is 12.8. The number of amides is 1. The van der Waals surface area contributed by atoms with E-state index in [0.29, 0.717) is 12.5 Å². The maximum atomic E-state index is 11.9. The van der Waals surface area contributed by atoms with E-state index >= 15 is 0 Å². The molecule has 0 aromatic heterocycles. The number of piperidine rings is 1. The molecule has 18 heavy (non-hydrogen) atoms. The molecule has 0 saturated carbocycles. The van der Waals surface area contributed by atoms with Gasteiger partial charge >= 0.3 is 0 Å². The van der Waals surface area contributed by atoms with Crippen molar-refractivity contribution in [2.75, 3.05) is 13.1 Å². The highest BCUT2D eigenvalue weighted by molar-refractivity contribution is 5.78. The highest BCUT2D eigenvalue weighted by atomic mass is 16.6. The molecule has 2 rings (SSSR count). The molecule has 1 fully saturated rings. The molecule has 98 valence electrons. The quantitative estimate of drug-likeness (QED) is 0.794. The predicted octanol–water partition coefficient (Wildman–Crippen LogP) is 1.48. The summed E-state index contributed by atoms with van der Waals surface area (Å²) < 4.78 is 0. The van der Waals surface area contributed by atoms with Gasteiger partial charge in [0.25, 0.3) is 0 Å². The molecule has 1 aromatic rings. The Balaban J connectivity index is 1.74. The van der Waals surface area contributed by atoms with Crippen molar-refractivity contribution in [2.45, 2.75) is 20.0 Å². The Labute approximate surface area is 108 Å². The number of hydrogen-bond acceptors (Lipinski definition) is 3. The van der Waals surface area contributed by atoms with Gasteiger partial charge in [-0.1, -0.05) is 37.3 Å². The van der Waals surface area contributed by atoms with E-state index in [1.54, 1.807) is 0 Å². The van der Waals surface area contributed by atoms with Gasteiger partial charge in [0.2, 0.25) is 5.91 Å². The van der Waals surface area contributed by atoms with Crippen molar-refractivity contribution in [3.63, 3.8) is 0 Å². The fourth-order valence-corrected chi connectivity index (χ4v) is 2.24. The third-order valence-electron chi connectivity index (χ3n) is 3.38. The lowest BCUT2D eigenvalue weighted by Crippen LogP contribution is -2.43. The van der Waals surface area contributed by atoms with Crippen LogP contribution in [0.25, 0.3) is 0 Å². The van der Waals surface area contributed by atoms with E-state index in [1.807, 2.05) is 30.3 Å². The molecule has 0 bridgehead atoms. The number of nitrogens with one attached hydrogen (secondary N) is 2. The summed E-state index contributed by atoms with van der Waals surface area (Å²) in [4.78, 5) is 17.2. The lowest BCUT2D eigenvalue weighted by molar-refractivity contribution is -0.141. The van der Waals surface area contributed by atoms with Gasteiger partial charge in [0, 0.05) is 5.92 Å². The Morgan fingerprint density at radius 2 is 2.22 bits per heavy atom. The van der Waals surface area contributed by atoms with Crippen molar-refractivity contribution in [3.8, 4) is 0 Å². The molecule has 0 aliphatic carbocycles. The van der Waals surface area contributed by atoms with Crippen molar-refractivity contribution in [1.29, 1.82) is 0 Å². The van der Waals surface area contributed by atoms with Crippen molar-refractivity contribution in [2.24, 2.45) is 11.8 Å². The first-order chi connectivity index (χ1) is 8.77. The van der Waals surface area contributed by atoms with Crippen LogP contribution in [0, 0.1) is 11.8 Å². The fraction of sp³-hybridized carbons (Fsp3) is 0.500. The number of hydroxylamine groups is 1. The molecule has 0 radical (unpaired) electrons. The maximum absolute atomic E-state index is 11.9. The smallest absolute Gasteiger partial charge is 0.247 e. The van der Waals surface area contributed by atoms with Crippen LogP contribution in [0.2, 0.25) is 0 Å². The predicted molar refractivity (Wildman–Crippen MR) is 69.5 cm³/mol. The molecular formula is C14H20N2O2. The third kappa shape index (κ3) is 3.55. The van der Waals surface area contributed by atoms with Crippen LogP contribution in [0.1, 0.15) is 18.9 Å². The number of hydrogen-bond donors (Lipinski definition) is 2. The lowest BCUT2D eigenvalue weighted by Gasteiger charge is -2.28. The second kappa shape index (κ2) is 6.52. The Kier molecular flexibility index (Phi) is 4.73. The van der Waals surface area contributed by atoms with E-state index in [0.717, 1.165) is 25.1 Å². The normalized spacial score (nSPS) is 23.6. The summed E-state index contributed by atoms with van der Waals surface area (Å²) >= 11 is 0. The first kappa shape index (κ1) is 13.1. The van der Waals surface area contributed by atoms with E-state index in [1.165, 1.54) is 0 Å². The topological polar surface area (TPSA) is 50.4 Å². The van der Waals surface area contributed by atoms with Gasteiger partial charge < -0.3 is 5.32 Å². The largest absolute Gasteiger partial charge is 0.316 e. The number of carbonyl (C=O) groups excluding carboxylic acids is 1. The van der Waals surface area contributed by atoms with Crippen molar-refractivity contribution in [3.05, 3.63) is 35.9 Å². The summed E-state index contributed by atoms with van der Waals surface area (Å²) in [6.07, 6.45) is 0.877. The maximum Gasteiger partial charge on any atom is 0.247 e. The second-order valence-electron chi connectivity index (χ2n) is 4.82. The van der Waals surface area contributed by atoms with E-state index in [2.05, 4.69) is 17.7 Å². The van der Waals surface area contributed by atoms with Gasteiger partial charge in [-0.2, -0.15) is 0 Å². The summed E-state index contributed by atoms with van der Waals surface area (Å²) in [5, 5.41) is 3.28. The average Bonchev–Trinajstić information content (AvgIpc) is 2.40. The first-order valence-electron chi connectivity index (χ1n) is 6.43. The van der Waals surface area contributed by atoms with Gasteiger partial charge in [-0.25, -0.2) is 5.48 Å². The molecule has 1 heterocycles. The minimum atomic E-state index is -0.0000638. The van der Waals surface area contributed by atoms with Crippen LogP contribution in [-0.2, 0) is 16.2 Å².